The molecule has 168 valence electrons. The summed E-state index contributed by atoms with van der Waals surface area (Å²) in [5, 5.41) is 1.17. The van der Waals surface area contributed by atoms with E-state index in [-0.39, 0.29) is 12.0 Å². The summed E-state index contributed by atoms with van der Waals surface area (Å²) in [6.45, 7) is 7.20. The van der Waals surface area contributed by atoms with Crippen molar-refractivity contribution in [2.75, 3.05) is 26.2 Å². The lowest BCUT2D eigenvalue weighted by molar-refractivity contribution is 0.0141. The number of hydrogen-bond acceptors (Lipinski definition) is 3. The van der Waals surface area contributed by atoms with E-state index in [1.807, 2.05) is 73.9 Å². The first-order valence-electron chi connectivity index (χ1n) is 10.5. The highest BCUT2D eigenvalue weighted by atomic mass is 79.9. The van der Waals surface area contributed by atoms with Crippen LogP contribution in [-0.4, -0.2) is 58.1 Å². The number of hydrogen-bond donors (Lipinski definition) is 0. The van der Waals surface area contributed by atoms with Crippen LogP contribution in [0.1, 0.15) is 31.1 Å². The van der Waals surface area contributed by atoms with Gasteiger partial charge in [0.15, 0.2) is 0 Å². The maximum absolute atomic E-state index is 13.6. The molecule has 2 aromatic carbocycles. The van der Waals surface area contributed by atoms with Crippen molar-refractivity contribution in [3.05, 3.63) is 63.7 Å². The van der Waals surface area contributed by atoms with Crippen molar-refractivity contribution < 1.29 is 14.3 Å². The number of benzene rings is 2. The SMILES string of the molecule is CC(C)(C)OC(=O)N1CCN(C(=O)c2c(Cl)n(-c3ccccc3)c3cc(Br)ccc23)CC1. The number of halogens is 2. The third kappa shape index (κ3) is 4.50. The van der Waals surface area contributed by atoms with E-state index in [4.69, 9.17) is 16.3 Å². The third-order valence-electron chi connectivity index (χ3n) is 5.32. The summed E-state index contributed by atoms with van der Waals surface area (Å²) in [5.74, 6) is -0.138. The summed E-state index contributed by atoms with van der Waals surface area (Å²) in [6, 6.07) is 15.5. The fourth-order valence-electron chi connectivity index (χ4n) is 3.84. The lowest BCUT2D eigenvalue weighted by atomic mass is 10.1. The number of aromatic nitrogens is 1. The van der Waals surface area contributed by atoms with Crippen molar-refractivity contribution in [1.29, 1.82) is 0 Å². The monoisotopic (exact) mass is 517 g/mol. The fourth-order valence-corrected chi connectivity index (χ4v) is 4.56. The Morgan fingerprint density at radius 1 is 0.969 bits per heavy atom. The molecule has 2 heterocycles. The standard InChI is InChI=1S/C24H25BrClN3O3/c1-24(2,3)32-23(31)28-13-11-27(12-14-28)22(30)20-18-10-9-16(25)15-19(18)29(21(20)26)17-7-5-4-6-8-17/h4-10,15H,11-14H2,1-3H3. The summed E-state index contributed by atoms with van der Waals surface area (Å²) in [7, 11) is 0. The Hall–Kier alpha value is -2.51. The number of carbonyl (C=O) groups is 2. The van der Waals surface area contributed by atoms with E-state index >= 15 is 0 Å². The molecule has 1 saturated heterocycles. The van der Waals surface area contributed by atoms with Gasteiger partial charge >= 0.3 is 6.09 Å². The first-order valence-corrected chi connectivity index (χ1v) is 11.6. The number of amides is 2. The van der Waals surface area contributed by atoms with Crippen LogP contribution in [0.25, 0.3) is 16.6 Å². The van der Waals surface area contributed by atoms with Crippen LogP contribution in [0.2, 0.25) is 5.15 Å². The minimum atomic E-state index is -0.550. The molecule has 2 amide bonds. The highest BCUT2D eigenvalue weighted by Gasteiger charge is 2.31. The van der Waals surface area contributed by atoms with Crippen molar-refractivity contribution in [3.8, 4) is 5.69 Å². The predicted molar refractivity (Wildman–Crippen MR) is 130 cm³/mol. The Balaban J connectivity index is 1.63. The van der Waals surface area contributed by atoms with E-state index in [9.17, 15) is 9.59 Å². The van der Waals surface area contributed by atoms with Crippen molar-refractivity contribution in [1.82, 2.24) is 14.4 Å². The molecule has 0 unspecified atom stereocenters. The van der Waals surface area contributed by atoms with Crippen LogP contribution in [-0.2, 0) is 4.74 Å². The molecular formula is C24H25BrClN3O3. The number of rotatable bonds is 2. The highest BCUT2D eigenvalue weighted by molar-refractivity contribution is 9.10. The van der Waals surface area contributed by atoms with Gasteiger partial charge in [0.1, 0.15) is 10.8 Å². The molecule has 1 aliphatic rings. The third-order valence-corrected chi connectivity index (χ3v) is 6.17. The molecule has 0 radical (unpaired) electrons. The van der Waals surface area contributed by atoms with Crippen LogP contribution in [0.3, 0.4) is 0 Å². The molecule has 0 bridgehead atoms. The molecule has 0 aliphatic carbocycles. The molecule has 0 saturated carbocycles. The summed E-state index contributed by atoms with van der Waals surface area (Å²) < 4.78 is 8.25. The molecule has 8 heteroatoms. The molecule has 0 atom stereocenters. The number of para-hydroxylation sites is 1. The topological polar surface area (TPSA) is 54.8 Å². The van der Waals surface area contributed by atoms with Gasteiger partial charge in [-0.2, -0.15) is 0 Å². The van der Waals surface area contributed by atoms with E-state index < -0.39 is 5.60 Å². The van der Waals surface area contributed by atoms with Crippen molar-refractivity contribution in [2.45, 2.75) is 26.4 Å². The second kappa shape index (κ2) is 8.79. The summed E-state index contributed by atoms with van der Waals surface area (Å²) in [4.78, 5) is 29.3. The highest BCUT2D eigenvalue weighted by Crippen LogP contribution is 2.35. The molecular weight excluding hydrogens is 494 g/mol. The summed E-state index contributed by atoms with van der Waals surface area (Å²) >= 11 is 10.3. The van der Waals surface area contributed by atoms with Crippen LogP contribution in [0.4, 0.5) is 4.79 Å². The fraction of sp³-hybridized carbons (Fsp3) is 0.333. The van der Waals surface area contributed by atoms with Gasteiger partial charge in [-0.3, -0.25) is 9.36 Å². The van der Waals surface area contributed by atoms with Crippen LogP contribution < -0.4 is 0 Å². The lowest BCUT2D eigenvalue weighted by Gasteiger charge is -2.35. The number of ether oxygens (including phenoxy) is 1. The van der Waals surface area contributed by atoms with Crippen LogP contribution in [0.15, 0.2) is 53.0 Å². The number of nitrogens with zero attached hydrogens (tertiary/aromatic N) is 3. The Morgan fingerprint density at radius 2 is 1.59 bits per heavy atom. The number of carbonyl (C=O) groups excluding carboxylic acids is 2. The molecule has 4 rings (SSSR count). The molecule has 1 fully saturated rings. The van der Waals surface area contributed by atoms with Gasteiger partial charge in [-0.15, -0.1) is 0 Å². The van der Waals surface area contributed by atoms with E-state index in [1.54, 1.807) is 9.80 Å². The van der Waals surface area contributed by atoms with Crippen LogP contribution in [0.5, 0.6) is 0 Å². The molecule has 6 nitrogen and oxygen atoms in total. The average Bonchev–Trinajstić information content (AvgIpc) is 3.03. The van der Waals surface area contributed by atoms with E-state index in [1.165, 1.54) is 0 Å². The smallest absolute Gasteiger partial charge is 0.410 e. The molecule has 3 aromatic rings. The molecule has 1 aliphatic heterocycles. The molecule has 32 heavy (non-hydrogen) atoms. The maximum Gasteiger partial charge on any atom is 0.410 e. The zero-order valence-corrected chi connectivity index (χ0v) is 20.6. The largest absolute Gasteiger partial charge is 0.444 e. The van der Waals surface area contributed by atoms with Gasteiger partial charge in [0.2, 0.25) is 0 Å². The predicted octanol–water partition coefficient (Wildman–Crippen LogP) is 5.74. The normalized spacial score (nSPS) is 14.7. The molecule has 0 N–H and O–H groups in total. The average molecular weight is 519 g/mol. The Morgan fingerprint density at radius 3 is 2.22 bits per heavy atom. The first kappa shape index (κ1) is 22.7. The minimum Gasteiger partial charge on any atom is -0.444 e. The minimum absolute atomic E-state index is 0.138. The van der Waals surface area contributed by atoms with Crippen LogP contribution >= 0.6 is 27.5 Å². The van der Waals surface area contributed by atoms with E-state index in [0.29, 0.717) is 36.9 Å². The Kier molecular flexibility index (Phi) is 6.23. The zero-order valence-electron chi connectivity index (χ0n) is 18.3. The summed E-state index contributed by atoms with van der Waals surface area (Å²) in [5.41, 5.74) is 1.66. The Labute approximate surface area is 200 Å². The van der Waals surface area contributed by atoms with Gasteiger partial charge in [-0.1, -0.05) is 51.8 Å². The lowest BCUT2D eigenvalue weighted by Crippen LogP contribution is -2.51. The van der Waals surface area contributed by atoms with Gasteiger partial charge < -0.3 is 14.5 Å². The zero-order chi connectivity index (χ0) is 23.0. The summed E-state index contributed by atoms with van der Waals surface area (Å²) in [6.07, 6.45) is -0.354. The van der Waals surface area contributed by atoms with Gasteiger partial charge in [0.05, 0.1) is 11.1 Å². The molecule has 1 aromatic heterocycles. The maximum atomic E-state index is 13.6. The first-order chi connectivity index (χ1) is 15.2. The quantitative estimate of drug-likeness (QED) is 0.435. The van der Waals surface area contributed by atoms with Crippen molar-refractivity contribution >= 4 is 50.4 Å². The van der Waals surface area contributed by atoms with Crippen LogP contribution in [0, 0.1) is 0 Å². The second-order valence-corrected chi connectivity index (χ2v) is 10.0. The van der Waals surface area contributed by atoms with Crippen molar-refractivity contribution in [3.63, 3.8) is 0 Å². The van der Waals surface area contributed by atoms with Gasteiger partial charge in [-0.05, 0) is 45.0 Å². The second-order valence-electron chi connectivity index (χ2n) is 8.76. The Bertz CT molecular complexity index is 1160. The van der Waals surface area contributed by atoms with E-state index in [2.05, 4.69) is 15.9 Å². The van der Waals surface area contributed by atoms with Crippen molar-refractivity contribution in [2.24, 2.45) is 0 Å². The molecule has 0 spiro atoms. The van der Waals surface area contributed by atoms with Gasteiger partial charge in [0.25, 0.3) is 5.91 Å². The number of piperazine rings is 1. The van der Waals surface area contributed by atoms with Gasteiger partial charge in [-0.25, -0.2) is 4.79 Å². The van der Waals surface area contributed by atoms with Gasteiger partial charge in [0, 0.05) is 41.7 Å². The van der Waals surface area contributed by atoms with E-state index in [0.717, 1.165) is 21.1 Å². The number of fused-ring (bicyclic) bond motifs is 1.